The quantitative estimate of drug-likeness (QED) is 0.405. The summed E-state index contributed by atoms with van der Waals surface area (Å²) in [5, 5.41) is 7.79. The van der Waals surface area contributed by atoms with Gasteiger partial charge in [-0.1, -0.05) is 0 Å². The fraction of sp³-hybridized carbons (Fsp3) is 0.667. The molecular weight excluding hydrogens is 128 g/mol. The predicted molar refractivity (Wildman–Crippen MR) is 28.2 cm³/mol. The maximum absolute atomic E-state index is 10.3. The molecule has 0 radical (unpaired) electrons. The average Bonchev–Trinajstić information content (AvgIpc) is 1.67. The van der Waals surface area contributed by atoms with Gasteiger partial charge >= 0.3 is 0 Å². The topological polar surface area (TPSA) is 70.0 Å². The lowest BCUT2D eigenvalue weighted by atomic mass is 11.0. The van der Waals surface area contributed by atoms with E-state index in [9.17, 15) is 8.42 Å². The molecule has 1 N–H and O–H groups in total. The summed E-state index contributed by atoms with van der Waals surface area (Å²) in [6.45, 7) is 1.46. The number of hydrogen-bond donors (Lipinski definition) is 1. The minimum atomic E-state index is -3.28. The second-order valence-electron chi connectivity index (χ2n) is 1.12. The van der Waals surface area contributed by atoms with Crippen molar-refractivity contribution < 1.29 is 8.42 Å². The molecule has 4 nitrogen and oxygen atoms in total. The van der Waals surface area contributed by atoms with E-state index >= 15 is 0 Å². The highest BCUT2D eigenvalue weighted by atomic mass is 32.2. The molecule has 0 aliphatic heterocycles. The summed E-state index contributed by atoms with van der Waals surface area (Å²) in [5.41, 5.74) is 0. The van der Waals surface area contributed by atoms with Crippen molar-refractivity contribution in [2.45, 2.75) is 6.92 Å². The number of nitrogens with one attached hydrogen (secondary N) is 1. The van der Waals surface area contributed by atoms with Crippen LogP contribution >= 0.6 is 0 Å². The highest BCUT2D eigenvalue weighted by Crippen LogP contribution is 1.77. The van der Waals surface area contributed by atoms with Crippen LogP contribution in [0.5, 0.6) is 0 Å². The third-order valence-corrected chi connectivity index (χ3v) is 1.74. The minimum absolute atomic E-state index is 0.0550. The number of nitriles is 1. The van der Waals surface area contributed by atoms with Crippen molar-refractivity contribution in [1.29, 1.82) is 5.26 Å². The normalized spacial score (nSPS) is 10.0. The van der Waals surface area contributed by atoms with Gasteiger partial charge in [-0.2, -0.15) is 5.26 Å². The zero-order chi connectivity index (χ0) is 6.62. The Morgan fingerprint density at radius 3 is 2.38 bits per heavy atom. The second kappa shape index (κ2) is 2.52. The minimum Gasteiger partial charge on any atom is -0.219 e. The molecule has 8 heavy (non-hydrogen) atoms. The molecule has 0 rings (SSSR count). The van der Waals surface area contributed by atoms with Gasteiger partial charge in [-0.15, -0.1) is 0 Å². The fourth-order valence-electron chi connectivity index (χ4n) is 0.142. The van der Waals surface area contributed by atoms with Gasteiger partial charge in [-0.3, -0.25) is 0 Å². The molecule has 0 aliphatic rings. The molecule has 0 aromatic rings. The molecule has 5 heteroatoms. The van der Waals surface area contributed by atoms with Gasteiger partial charge in [0.05, 0.1) is 5.75 Å². The zero-order valence-corrected chi connectivity index (χ0v) is 5.20. The SMILES string of the molecule is CCS(=O)(=O)NC#N. The van der Waals surface area contributed by atoms with Crippen LogP contribution in [0.15, 0.2) is 0 Å². The Kier molecular flexibility index (Phi) is 2.28. The van der Waals surface area contributed by atoms with Gasteiger partial charge in [0.25, 0.3) is 0 Å². The molecule has 0 aromatic heterocycles. The van der Waals surface area contributed by atoms with Crippen molar-refractivity contribution in [3.63, 3.8) is 0 Å². The summed E-state index contributed by atoms with van der Waals surface area (Å²) < 4.78 is 22.2. The van der Waals surface area contributed by atoms with E-state index in [0.29, 0.717) is 0 Å². The summed E-state index contributed by atoms with van der Waals surface area (Å²) in [4.78, 5) is 0. The molecule has 0 heterocycles. The Hall–Kier alpha value is -0.760. The van der Waals surface area contributed by atoms with Gasteiger partial charge in [0.15, 0.2) is 6.19 Å². The van der Waals surface area contributed by atoms with Gasteiger partial charge in [-0.05, 0) is 6.92 Å². The standard InChI is InChI=1S/C3H6N2O2S/c1-2-8(6,7)5-3-4/h5H,2H2,1H3. The van der Waals surface area contributed by atoms with E-state index in [-0.39, 0.29) is 5.75 Å². The van der Waals surface area contributed by atoms with Crippen LogP contribution in [0.3, 0.4) is 0 Å². The second-order valence-corrected chi connectivity index (χ2v) is 3.13. The van der Waals surface area contributed by atoms with Crippen LogP contribution in [-0.2, 0) is 10.0 Å². The first-order chi connectivity index (χ1) is 3.62. The van der Waals surface area contributed by atoms with E-state index in [1.54, 1.807) is 4.72 Å². The number of hydrogen-bond acceptors (Lipinski definition) is 3. The average molecular weight is 134 g/mol. The maximum atomic E-state index is 10.3. The van der Waals surface area contributed by atoms with Crippen molar-refractivity contribution >= 4 is 10.0 Å². The van der Waals surface area contributed by atoms with Gasteiger partial charge in [0.1, 0.15) is 0 Å². The molecular formula is C3H6N2O2S. The predicted octanol–water partition coefficient (Wildman–Crippen LogP) is -0.593. The molecule has 0 aromatic carbocycles. The monoisotopic (exact) mass is 134 g/mol. The van der Waals surface area contributed by atoms with Crippen LogP contribution in [-0.4, -0.2) is 14.2 Å². The van der Waals surface area contributed by atoms with Gasteiger partial charge in [-0.25, -0.2) is 13.1 Å². The van der Waals surface area contributed by atoms with Crippen LogP contribution in [0.4, 0.5) is 0 Å². The van der Waals surface area contributed by atoms with Gasteiger partial charge < -0.3 is 0 Å². The lowest BCUT2D eigenvalue weighted by Crippen LogP contribution is -2.19. The lowest BCUT2D eigenvalue weighted by molar-refractivity contribution is 0.592. The molecule has 0 bridgehead atoms. The van der Waals surface area contributed by atoms with Crippen LogP contribution in [0.2, 0.25) is 0 Å². The fourth-order valence-corrected chi connectivity index (χ4v) is 0.425. The maximum Gasteiger partial charge on any atom is 0.240 e. The van der Waals surface area contributed by atoms with E-state index in [0.717, 1.165) is 0 Å². The first-order valence-corrected chi connectivity index (χ1v) is 3.66. The summed E-state index contributed by atoms with van der Waals surface area (Å²) in [5.74, 6) is -0.0550. The number of sulfonamides is 1. The van der Waals surface area contributed by atoms with Crippen molar-refractivity contribution in [2.24, 2.45) is 0 Å². The van der Waals surface area contributed by atoms with Gasteiger partial charge in [0, 0.05) is 0 Å². The highest BCUT2D eigenvalue weighted by Gasteiger charge is 2.00. The molecule has 0 unspecified atom stereocenters. The van der Waals surface area contributed by atoms with Crippen molar-refractivity contribution in [2.75, 3.05) is 5.75 Å². The summed E-state index contributed by atoms with van der Waals surface area (Å²) in [7, 11) is -3.28. The summed E-state index contributed by atoms with van der Waals surface area (Å²) in [6, 6.07) is 0. The van der Waals surface area contributed by atoms with E-state index in [2.05, 4.69) is 0 Å². The number of nitrogens with zero attached hydrogens (tertiary/aromatic N) is 1. The van der Waals surface area contributed by atoms with E-state index in [1.165, 1.54) is 13.1 Å². The Morgan fingerprint density at radius 1 is 1.75 bits per heavy atom. The van der Waals surface area contributed by atoms with Crippen LogP contribution in [0, 0.1) is 11.5 Å². The first-order valence-electron chi connectivity index (χ1n) is 2.01. The smallest absolute Gasteiger partial charge is 0.219 e. The summed E-state index contributed by atoms with van der Waals surface area (Å²) in [6.07, 6.45) is 1.32. The lowest BCUT2D eigenvalue weighted by Gasteiger charge is -1.90. The van der Waals surface area contributed by atoms with E-state index in [1.807, 2.05) is 0 Å². The first kappa shape index (κ1) is 7.24. The molecule has 0 fully saturated rings. The molecule has 0 amide bonds. The molecule has 0 atom stereocenters. The van der Waals surface area contributed by atoms with Crippen LogP contribution in [0.25, 0.3) is 0 Å². The van der Waals surface area contributed by atoms with E-state index in [4.69, 9.17) is 5.26 Å². The van der Waals surface area contributed by atoms with Gasteiger partial charge in [0.2, 0.25) is 10.0 Å². The van der Waals surface area contributed by atoms with E-state index < -0.39 is 10.0 Å². The Morgan fingerprint density at radius 2 is 2.25 bits per heavy atom. The highest BCUT2D eigenvalue weighted by molar-refractivity contribution is 7.89. The summed E-state index contributed by atoms with van der Waals surface area (Å²) >= 11 is 0. The third-order valence-electron chi connectivity index (χ3n) is 0.581. The molecule has 0 saturated carbocycles. The molecule has 0 aliphatic carbocycles. The Balaban J connectivity index is 4.01. The largest absolute Gasteiger partial charge is 0.240 e. The zero-order valence-electron chi connectivity index (χ0n) is 4.38. The van der Waals surface area contributed by atoms with Crippen molar-refractivity contribution in [3.05, 3.63) is 0 Å². The van der Waals surface area contributed by atoms with Crippen molar-refractivity contribution in [3.8, 4) is 6.19 Å². The Labute approximate surface area is 48.2 Å². The third kappa shape index (κ3) is 2.42. The van der Waals surface area contributed by atoms with Crippen molar-refractivity contribution in [1.82, 2.24) is 4.72 Å². The molecule has 0 spiro atoms. The van der Waals surface area contributed by atoms with Crippen LogP contribution < -0.4 is 4.72 Å². The number of rotatable bonds is 2. The molecule has 46 valence electrons. The Bertz CT molecular complexity index is 188. The molecule has 0 saturated heterocycles. The van der Waals surface area contributed by atoms with Crippen LogP contribution in [0.1, 0.15) is 6.92 Å².